The van der Waals surface area contributed by atoms with Crippen molar-refractivity contribution in [3.63, 3.8) is 0 Å². The van der Waals surface area contributed by atoms with E-state index < -0.39 is 0 Å². The highest BCUT2D eigenvalue weighted by molar-refractivity contribution is 5.09. The average Bonchev–Trinajstić information content (AvgIpc) is 2.37. The smallest absolute Gasteiger partial charge is 0.0286 e. The Bertz CT molecular complexity index is 167. The van der Waals surface area contributed by atoms with E-state index in [0.29, 0.717) is 0 Å². The van der Waals surface area contributed by atoms with Gasteiger partial charge in [-0.1, -0.05) is 0 Å². The van der Waals surface area contributed by atoms with Crippen molar-refractivity contribution in [2.45, 2.75) is 38.4 Å². The molecule has 0 spiro atoms. The summed E-state index contributed by atoms with van der Waals surface area (Å²) >= 11 is 0. The van der Waals surface area contributed by atoms with Crippen molar-refractivity contribution in [3.8, 4) is 0 Å². The molecule has 0 N–H and O–H groups in total. The van der Waals surface area contributed by atoms with Crippen LogP contribution in [0, 0.1) is 5.92 Å². The SMILES string of the molecule is CC(C)N1C[C@@H]2C[C@H]1C2N(C)C. The Morgan fingerprint density at radius 3 is 2.33 bits per heavy atom. The summed E-state index contributed by atoms with van der Waals surface area (Å²) in [4.78, 5) is 5.07. The molecule has 0 aromatic heterocycles. The second kappa shape index (κ2) is 2.71. The summed E-state index contributed by atoms with van der Waals surface area (Å²) in [7, 11) is 4.43. The van der Waals surface area contributed by atoms with Gasteiger partial charge in [0.15, 0.2) is 0 Å². The molecule has 3 atom stereocenters. The van der Waals surface area contributed by atoms with Crippen LogP contribution in [-0.2, 0) is 0 Å². The molecule has 0 radical (unpaired) electrons. The quantitative estimate of drug-likeness (QED) is 0.607. The zero-order valence-electron chi connectivity index (χ0n) is 8.62. The van der Waals surface area contributed by atoms with Crippen molar-refractivity contribution in [1.29, 1.82) is 0 Å². The fraction of sp³-hybridized carbons (Fsp3) is 1.00. The molecule has 70 valence electrons. The van der Waals surface area contributed by atoms with Crippen LogP contribution in [0.3, 0.4) is 0 Å². The lowest BCUT2D eigenvalue weighted by Crippen LogP contribution is -2.52. The van der Waals surface area contributed by atoms with E-state index in [1.807, 2.05) is 0 Å². The highest BCUT2D eigenvalue weighted by atomic mass is 15.3. The summed E-state index contributed by atoms with van der Waals surface area (Å²) in [5, 5.41) is 0. The largest absolute Gasteiger partial charge is 0.305 e. The molecule has 2 nitrogen and oxygen atoms in total. The number of fused-ring (bicyclic) bond motifs is 1. The highest BCUT2D eigenvalue weighted by Crippen LogP contribution is 2.44. The molecule has 1 aliphatic carbocycles. The molecular formula is C10H20N2. The third-order valence-corrected chi connectivity index (χ3v) is 3.55. The van der Waals surface area contributed by atoms with Gasteiger partial charge in [-0.3, -0.25) is 4.90 Å². The molecule has 3 rings (SSSR count). The van der Waals surface area contributed by atoms with Gasteiger partial charge in [0.1, 0.15) is 0 Å². The first-order valence-electron chi connectivity index (χ1n) is 5.03. The maximum atomic E-state index is 2.66. The number of hydrogen-bond acceptors (Lipinski definition) is 2. The fourth-order valence-electron chi connectivity index (χ4n) is 2.99. The Morgan fingerprint density at radius 1 is 1.33 bits per heavy atom. The van der Waals surface area contributed by atoms with Crippen molar-refractivity contribution in [2.75, 3.05) is 20.6 Å². The predicted octanol–water partition coefficient (Wildman–Crippen LogP) is 1.03. The zero-order valence-corrected chi connectivity index (χ0v) is 8.62. The third kappa shape index (κ3) is 1.01. The Hall–Kier alpha value is -0.0800. The van der Waals surface area contributed by atoms with Gasteiger partial charge in [0.05, 0.1) is 0 Å². The van der Waals surface area contributed by atoms with Crippen molar-refractivity contribution < 1.29 is 0 Å². The Kier molecular flexibility index (Phi) is 1.92. The lowest BCUT2D eigenvalue weighted by molar-refractivity contribution is 0.0881. The molecule has 2 heterocycles. The Labute approximate surface area is 75.5 Å². The van der Waals surface area contributed by atoms with E-state index in [1.165, 1.54) is 13.0 Å². The molecule has 0 amide bonds. The lowest BCUT2D eigenvalue weighted by Gasteiger charge is -2.42. The van der Waals surface area contributed by atoms with Crippen molar-refractivity contribution >= 4 is 0 Å². The monoisotopic (exact) mass is 168 g/mol. The minimum Gasteiger partial charge on any atom is -0.305 e. The first-order valence-corrected chi connectivity index (χ1v) is 5.03. The topological polar surface area (TPSA) is 6.48 Å². The summed E-state index contributed by atoms with van der Waals surface area (Å²) in [5.41, 5.74) is 0. The van der Waals surface area contributed by atoms with Gasteiger partial charge >= 0.3 is 0 Å². The van der Waals surface area contributed by atoms with Gasteiger partial charge in [0, 0.05) is 24.7 Å². The molecule has 3 fully saturated rings. The number of rotatable bonds is 2. The Morgan fingerprint density at radius 2 is 2.00 bits per heavy atom. The summed E-state index contributed by atoms with van der Waals surface area (Å²) in [6.07, 6.45) is 1.45. The van der Waals surface area contributed by atoms with Crippen LogP contribution in [-0.4, -0.2) is 48.6 Å². The second-order valence-corrected chi connectivity index (χ2v) is 4.81. The van der Waals surface area contributed by atoms with Gasteiger partial charge in [-0.15, -0.1) is 0 Å². The minimum absolute atomic E-state index is 0.741. The van der Waals surface area contributed by atoms with Crippen LogP contribution >= 0.6 is 0 Å². The molecular weight excluding hydrogens is 148 g/mol. The van der Waals surface area contributed by atoms with Gasteiger partial charge in [-0.25, -0.2) is 0 Å². The van der Waals surface area contributed by atoms with E-state index in [0.717, 1.165) is 24.0 Å². The van der Waals surface area contributed by atoms with Crippen LogP contribution < -0.4 is 0 Å². The predicted molar refractivity (Wildman–Crippen MR) is 51.2 cm³/mol. The number of likely N-dealkylation sites (N-methyl/N-ethyl adjacent to an activating group) is 1. The number of hydrogen-bond donors (Lipinski definition) is 0. The second-order valence-electron chi connectivity index (χ2n) is 4.81. The molecule has 3 aliphatic rings. The van der Waals surface area contributed by atoms with E-state index in [1.54, 1.807) is 0 Å². The summed E-state index contributed by atoms with van der Waals surface area (Å²) in [6.45, 7) is 5.96. The molecule has 0 aromatic rings. The maximum absolute atomic E-state index is 2.66. The summed E-state index contributed by atoms with van der Waals surface area (Å²) in [5.74, 6) is 0.965. The van der Waals surface area contributed by atoms with E-state index in [2.05, 4.69) is 37.7 Å². The normalized spacial score (nSPS) is 41.0. The fourth-order valence-corrected chi connectivity index (χ4v) is 2.99. The minimum atomic E-state index is 0.741. The van der Waals surface area contributed by atoms with Crippen LogP contribution in [0.2, 0.25) is 0 Å². The molecule has 1 saturated carbocycles. The van der Waals surface area contributed by atoms with Gasteiger partial charge in [0.2, 0.25) is 0 Å². The summed E-state index contributed by atoms with van der Waals surface area (Å²) < 4.78 is 0. The van der Waals surface area contributed by atoms with Crippen LogP contribution in [0.4, 0.5) is 0 Å². The molecule has 2 heteroatoms. The van der Waals surface area contributed by atoms with Crippen LogP contribution in [0.15, 0.2) is 0 Å². The van der Waals surface area contributed by atoms with Crippen molar-refractivity contribution in [2.24, 2.45) is 5.92 Å². The van der Waals surface area contributed by atoms with Gasteiger partial charge in [0.25, 0.3) is 0 Å². The van der Waals surface area contributed by atoms with Crippen LogP contribution in [0.5, 0.6) is 0 Å². The van der Waals surface area contributed by atoms with E-state index in [9.17, 15) is 0 Å². The maximum Gasteiger partial charge on any atom is 0.0286 e. The van der Waals surface area contributed by atoms with Crippen molar-refractivity contribution in [1.82, 2.24) is 9.80 Å². The molecule has 1 unspecified atom stereocenters. The van der Waals surface area contributed by atoms with E-state index in [-0.39, 0.29) is 0 Å². The average molecular weight is 168 g/mol. The lowest BCUT2D eigenvalue weighted by atomic mass is 9.79. The van der Waals surface area contributed by atoms with Gasteiger partial charge in [-0.2, -0.15) is 0 Å². The first-order chi connectivity index (χ1) is 5.61. The van der Waals surface area contributed by atoms with Gasteiger partial charge in [-0.05, 0) is 40.3 Å². The van der Waals surface area contributed by atoms with Crippen LogP contribution in [0.25, 0.3) is 0 Å². The highest BCUT2D eigenvalue weighted by Gasteiger charge is 2.53. The first kappa shape index (κ1) is 8.52. The summed E-state index contributed by atoms with van der Waals surface area (Å²) in [6, 6.07) is 2.46. The zero-order chi connectivity index (χ0) is 8.88. The Balaban J connectivity index is 2.02. The number of nitrogens with zero attached hydrogens (tertiary/aromatic N) is 2. The van der Waals surface area contributed by atoms with Crippen LogP contribution in [0.1, 0.15) is 20.3 Å². The van der Waals surface area contributed by atoms with E-state index in [4.69, 9.17) is 0 Å². The molecule has 2 saturated heterocycles. The van der Waals surface area contributed by atoms with Gasteiger partial charge < -0.3 is 4.90 Å². The molecule has 2 aliphatic heterocycles. The molecule has 0 aromatic carbocycles. The van der Waals surface area contributed by atoms with E-state index >= 15 is 0 Å². The standard InChI is InChI=1S/C10H20N2/c1-7(2)12-6-8-5-9(12)10(8)11(3)4/h7-10H,5-6H2,1-4H3/t8-,9-,10?/m0/s1. The molecule has 12 heavy (non-hydrogen) atoms. The third-order valence-electron chi connectivity index (χ3n) is 3.55. The van der Waals surface area contributed by atoms with Crippen molar-refractivity contribution in [3.05, 3.63) is 0 Å². The molecule has 2 bridgehead atoms.